The molecule has 5 heteroatoms. The molecule has 0 aliphatic carbocycles. The van der Waals surface area contributed by atoms with Crippen molar-refractivity contribution in [3.63, 3.8) is 0 Å². The summed E-state index contributed by atoms with van der Waals surface area (Å²) in [5, 5.41) is 0. The monoisotopic (exact) mass is 375 g/mol. The molecule has 1 atom stereocenters. The predicted molar refractivity (Wildman–Crippen MR) is 112 cm³/mol. The van der Waals surface area contributed by atoms with Gasteiger partial charge in [0, 0.05) is 44.8 Å². The number of thioether (sulfide) groups is 1. The van der Waals surface area contributed by atoms with Crippen LogP contribution >= 0.6 is 11.8 Å². The average Bonchev–Trinajstić information content (AvgIpc) is 2.74. The first-order chi connectivity index (χ1) is 12.8. The Kier molecular flexibility index (Phi) is 6.28. The molecule has 0 N–H and O–H groups in total. The highest BCUT2D eigenvalue weighted by atomic mass is 32.2. The lowest BCUT2D eigenvalue weighted by Crippen LogP contribution is -2.56. The van der Waals surface area contributed by atoms with E-state index in [4.69, 9.17) is 4.74 Å². The van der Waals surface area contributed by atoms with Crippen LogP contribution in [0.4, 0.5) is 5.69 Å². The number of benzene rings is 1. The number of ether oxygens (including phenoxy) is 1. The van der Waals surface area contributed by atoms with E-state index in [2.05, 4.69) is 50.7 Å². The van der Waals surface area contributed by atoms with Crippen molar-refractivity contribution in [3.05, 3.63) is 24.3 Å². The lowest BCUT2D eigenvalue weighted by Gasteiger charge is -2.46. The zero-order valence-electron chi connectivity index (χ0n) is 16.1. The molecule has 3 fully saturated rings. The number of methoxy groups -OCH3 is 1. The van der Waals surface area contributed by atoms with Crippen LogP contribution in [-0.2, 0) is 0 Å². The molecule has 0 bridgehead atoms. The molecule has 1 aromatic carbocycles. The Hall–Kier alpha value is -0.910. The lowest BCUT2D eigenvalue weighted by atomic mass is 9.99. The summed E-state index contributed by atoms with van der Waals surface area (Å²) in [4.78, 5) is 8.07. The number of para-hydroxylation sites is 2. The second kappa shape index (κ2) is 8.85. The maximum atomic E-state index is 5.56. The molecule has 26 heavy (non-hydrogen) atoms. The Morgan fingerprint density at radius 3 is 2.42 bits per heavy atom. The number of likely N-dealkylation sites (tertiary alicyclic amines) is 1. The van der Waals surface area contributed by atoms with Crippen molar-refractivity contribution in [3.8, 4) is 5.75 Å². The molecule has 0 spiro atoms. The number of anilines is 1. The van der Waals surface area contributed by atoms with Gasteiger partial charge in [0.2, 0.25) is 0 Å². The first-order valence-corrected chi connectivity index (χ1v) is 11.4. The van der Waals surface area contributed by atoms with E-state index in [1.807, 2.05) is 0 Å². The van der Waals surface area contributed by atoms with Gasteiger partial charge in [-0.25, -0.2) is 0 Å². The smallest absolute Gasteiger partial charge is 0.142 e. The standard InChI is InChI=1S/C21H33N3OS/c1-25-21-7-3-2-6-20(21)23-13-11-22(12-14-23)19-5-4-10-24(17-19)18-8-15-26-16-9-18/h2-3,6-7,18-19H,4-5,8-17H2,1H3/t19-/m1/s1. The SMILES string of the molecule is COc1ccccc1N1CCN([C@@H]2CCCN(C3CCSCC3)C2)CC1. The van der Waals surface area contributed by atoms with Crippen molar-refractivity contribution < 1.29 is 4.74 Å². The minimum atomic E-state index is 0.762. The van der Waals surface area contributed by atoms with E-state index >= 15 is 0 Å². The maximum absolute atomic E-state index is 5.56. The fraction of sp³-hybridized carbons (Fsp3) is 0.714. The lowest BCUT2D eigenvalue weighted by molar-refractivity contribution is 0.0645. The first kappa shape index (κ1) is 18.5. The van der Waals surface area contributed by atoms with Crippen LogP contribution in [0.3, 0.4) is 0 Å². The van der Waals surface area contributed by atoms with Crippen LogP contribution in [0, 0.1) is 0 Å². The highest BCUT2D eigenvalue weighted by Crippen LogP contribution is 2.30. The summed E-state index contributed by atoms with van der Waals surface area (Å²) in [6.07, 6.45) is 5.56. The topological polar surface area (TPSA) is 19.0 Å². The molecular formula is C21H33N3OS. The fourth-order valence-corrected chi connectivity index (χ4v) is 5.96. The van der Waals surface area contributed by atoms with E-state index < -0.39 is 0 Å². The number of piperazine rings is 1. The van der Waals surface area contributed by atoms with Gasteiger partial charge in [0.1, 0.15) is 5.75 Å². The molecule has 0 aromatic heterocycles. The number of hydrogen-bond acceptors (Lipinski definition) is 5. The summed E-state index contributed by atoms with van der Waals surface area (Å²) in [5.41, 5.74) is 1.25. The van der Waals surface area contributed by atoms with Crippen molar-refractivity contribution in [2.24, 2.45) is 0 Å². The van der Waals surface area contributed by atoms with Crippen LogP contribution in [0.5, 0.6) is 5.75 Å². The van der Waals surface area contributed by atoms with Crippen LogP contribution in [-0.4, -0.2) is 79.8 Å². The van der Waals surface area contributed by atoms with Crippen molar-refractivity contribution in [2.75, 3.05) is 62.8 Å². The molecule has 4 rings (SSSR count). The third-order valence-corrected chi connectivity index (χ3v) is 7.44. The Morgan fingerprint density at radius 2 is 1.65 bits per heavy atom. The van der Waals surface area contributed by atoms with Gasteiger partial charge in [-0.2, -0.15) is 11.8 Å². The number of nitrogens with zero attached hydrogens (tertiary/aromatic N) is 3. The third kappa shape index (κ3) is 4.15. The van der Waals surface area contributed by atoms with Crippen molar-refractivity contribution >= 4 is 17.4 Å². The quantitative estimate of drug-likeness (QED) is 0.802. The van der Waals surface area contributed by atoms with Gasteiger partial charge in [-0.15, -0.1) is 0 Å². The largest absolute Gasteiger partial charge is 0.495 e. The number of piperidine rings is 1. The summed E-state index contributed by atoms with van der Waals surface area (Å²) in [6.45, 7) is 7.19. The molecule has 0 radical (unpaired) electrons. The molecule has 4 nitrogen and oxygen atoms in total. The summed E-state index contributed by atoms with van der Waals surface area (Å²) in [6, 6.07) is 10.1. The molecule has 1 aromatic rings. The second-order valence-corrected chi connectivity index (χ2v) is 9.05. The van der Waals surface area contributed by atoms with Gasteiger partial charge in [-0.05, 0) is 55.9 Å². The van der Waals surface area contributed by atoms with Gasteiger partial charge in [-0.1, -0.05) is 12.1 Å². The van der Waals surface area contributed by atoms with Gasteiger partial charge < -0.3 is 9.64 Å². The maximum Gasteiger partial charge on any atom is 0.142 e. The van der Waals surface area contributed by atoms with Crippen LogP contribution < -0.4 is 9.64 Å². The van der Waals surface area contributed by atoms with Gasteiger partial charge >= 0.3 is 0 Å². The minimum Gasteiger partial charge on any atom is -0.495 e. The summed E-state index contributed by atoms with van der Waals surface area (Å²) >= 11 is 2.14. The Labute approximate surface area is 162 Å². The van der Waals surface area contributed by atoms with Crippen LogP contribution in [0.2, 0.25) is 0 Å². The van der Waals surface area contributed by atoms with Crippen LogP contribution in [0.1, 0.15) is 25.7 Å². The van der Waals surface area contributed by atoms with Crippen molar-refractivity contribution in [2.45, 2.75) is 37.8 Å². The van der Waals surface area contributed by atoms with Crippen LogP contribution in [0.15, 0.2) is 24.3 Å². The average molecular weight is 376 g/mol. The Morgan fingerprint density at radius 1 is 0.885 bits per heavy atom. The predicted octanol–water partition coefficient (Wildman–Crippen LogP) is 3.18. The Bertz CT molecular complexity index is 570. The molecule has 3 saturated heterocycles. The van der Waals surface area contributed by atoms with Gasteiger partial charge in [0.15, 0.2) is 0 Å². The normalized spacial score (nSPS) is 26.8. The molecule has 3 aliphatic rings. The van der Waals surface area contributed by atoms with E-state index in [1.54, 1.807) is 7.11 Å². The number of hydrogen-bond donors (Lipinski definition) is 0. The number of rotatable bonds is 4. The van der Waals surface area contributed by atoms with Gasteiger partial charge in [-0.3, -0.25) is 9.80 Å². The highest BCUT2D eigenvalue weighted by molar-refractivity contribution is 7.99. The van der Waals surface area contributed by atoms with E-state index in [0.717, 1.165) is 30.9 Å². The Balaban J connectivity index is 1.32. The van der Waals surface area contributed by atoms with Gasteiger partial charge in [0.05, 0.1) is 12.8 Å². The molecule has 0 unspecified atom stereocenters. The zero-order chi connectivity index (χ0) is 17.8. The first-order valence-electron chi connectivity index (χ1n) is 10.3. The fourth-order valence-electron chi connectivity index (χ4n) is 4.88. The molecule has 144 valence electrons. The summed E-state index contributed by atoms with van der Waals surface area (Å²) in [7, 11) is 1.77. The molecule has 3 heterocycles. The summed E-state index contributed by atoms with van der Waals surface area (Å²) in [5.74, 6) is 3.73. The van der Waals surface area contributed by atoms with Gasteiger partial charge in [0.25, 0.3) is 0 Å². The van der Waals surface area contributed by atoms with E-state index in [9.17, 15) is 0 Å². The van der Waals surface area contributed by atoms with E-state index in [-0.39, 0.29) is 0 Å². The van der Waals surface area contributed by atoms with E-state index in [1.165, 1.54) is 69.1 Å². The van der Waals surface area contributed by atoms with Crippen molar-refractivity contribution in [1.82, 2.24) is 9.80 Å². The molecular weight excluding hydrogens is 342 g/mol. The second-order valence-electron chi connectivity index (χ2n) is 7.83. The third-order valence-electron chi connectivity index (χ3n) is 6.39. The molecule has 3 aliphatic heterocycles. The zero-order valence-corrected chi connectivity index (χ0v) is 16.9. The molecule has 0 amide bonds. The van der Waals surface area contributed by atoms with E-state index in [0.29, 0.717) is 0 Å². The van der Waals surface area contributed by atoms with Crippen LogP contribution in [0.25, 0.3) is 0 Å². The summed E-state index contributed by atoms with van der Waals surface area (Å²) < 4.78 is 5.56. The highest BCUT2D eigenvalue weighted by Gasteiger charge is 2.31. The molecule has 0 saturated carbocycles. The minimum absolute atomic E-state index is 0.762. The van der Waals surface area contributed by atoms with Crippen molar-refractivity contribution in [1.29, 1.82) is 0 Å².